The molecule has 106 valence electrons. The zero-order valence-electron chi connectivity index (χ0n) is 11.4. The lowest BCUT2D eigenvalue weighted by Gasteiger charge is -2.08. The number of carbonyl (C=O) groups is 1. The van der Waals surface area contributed by atoms with E-state index in [-0.39, 0.29) is 10.7 Å². The van der Waals surface area contributed by atoms with Gasteiger partial charge in [0.2, 0.25) is 0 Å². The van der Waals surface area contributed by atoms with E-state index in [0.29, 0.717) is 11.4 Å². The van der Waals surface area contributed by atoms with Crippen molar-refractivity contribution in [3.8, 4) is 0 Å². The van der Waals surface area contributed by atoms with Gasteiger partial charge in [-0.05, 0) is 26.0 Å². The van der Waals surface area contributed by atoms with Crippen LogP contribution < -0.4 is 4.72 Å². The van der Waals surface area contributed by atoms with Gasteiger partial charge in [0.25, 0.3) is 10.0 Å². The summed E-state index contributed by atoms with van der Waals surface area (Å²) in [5, 5.41) is 4.07. The van der Waals surface area contributed by atoms with Crippen LogP contribution in [0.3, 0.4) is 0 Å². The van der Waals surface area contributed by atoms with E-state index >= 15 is 0 Å². The Morgan fingerprint density at radius 3 is 2.30 bits per heavy atom. The van der Waals surface area contributed by atoms with Crippen molar-refractivity contribution in [3.63, 3.8) is 0 Å². The van der Waals surface area contributed by atoms with Crippen molar-refractivity contribution < 1.29 is 13.2 Å². The molecule has 0 bridgehead atoms. The molecule has 2 rings (SSSR count). The van der Waals surface area contributed by atoms with Crippen molar-refractivity contribution in [2.75, 3.05) is 4.72 Å². The minimum Gasteiger partial charge on any atom is -0.295 e. The lowest BCUT2D eigenvalue weighted by molar-refractivity contribution is 0.101. The summed E-state index contributed by atoms with van der Waals surface area (Å²) in [6.45, 7) is 3.21. The molecule has 7 heteroatoms. The van der Waals surface area contributed by atoms with E-state index in [1.165, 1.54) is 35.9 Å². The second-order valence-corrected chi connectivity index (χ2v) is 6.16. The largest absolute Gasteiger partial charge is 0.295 e. The molecule has 0 amide bonds. The standard InChI is InChI=1S/C13H15N3O3S/c1-9-8-13(16(3)14-9)15-20(18,19)12-6-4-11(5-7-12)10(2)17/h4-8,15H,1-3H3. The van der Waals surface area contributed by atoms with Crippen molar-refractivity contribution in [2.45, 2.75) is 18.7 Å². The fraction of sp³-hybridized carbons (Fsp3) is 0.231. The van der Waals surface area contributed by atoms with Crippen LogP contribution >= 0.6 is 0 Å². The Morgan fingerprint density at radius 1 is 1.25 bits per heavy atom. The molecule has 0 aliphatic rings. The van der Waals surface area contributed by atoms with Crippen molar-refractivity contribution in [3.05, 3.63) is 41.6 Å². The molecule has 0 saturated heterocycles. The minimum absolute atomic E-state index is 0.0985. The number of nitrogens with zero attached hydrogens (tertiary/aromatic N) is 2. The highest BCUT2D eigenvalue weighted by atomic mass is 32.2. The average molecular weight is 293 g/mol. The molecule has 20 heavy (non-hydrogen) atoms. The number of Topliss-reactive ketones (excluding diaryl/α,β-unsaturated/α-hetero) is 1. The second-order valence-electron chi connectivity index (χ2n) is 4.48. The third-order valence-corrected chi connectivity index (χ3v) is 4.18. The van der Waals surface area contributed by atoms with Gasteiger partial charge in [-0.25, -0.2) is 8.42 Å². The highest BCUT2D eigenvalue weighted by Crippen LogP contribution is 2.17. The zero-order chi connectivity index (χ0) is 14.9. The van der Waals surface area contributed by atoms with Crippen molar-refractivity contribution in [2.24, 2.45) is 7.05 Å². The molecule has 1 aromatic carbocycles. The van der Waals surface area contributed by atoms with Crippen LogP contribution in [0.25, 0.3) is 0 Å². The van der Waals surface area contributed by atoms with Crippen LogP contribution in [0.4, 0.5) is 5.82 Å². The summed E-state index contributed by atoms with van der Waals surface area (Å²) in [6.07, 6.45) is 0. The van der Waals surface area contributed by atoms with Gasteiger partial charge in [0.15, 0.2) is 5.78 Å². The van der Waals surface area contributed by atoms with Gasteiger partial charge in [-0.2, -0.15) is 5.10 Å². The highest BCUT2D eigenvalue weighted by molar-refractivity contribution is 7.92. The number of nitrogens with one attached hydrogen (secondary N) is 1. The van der Waals surface area contributed by atoms with Crippen LogP contribution in [0.5, 0.6) is 0 Å². The first-order valence-electron chi connectivity index (χ1n) is 5.94. The smallest absolute Gasteiger partial charge is 0.263 e. The molecule has 0 fully saturated rings. The summed E-state index contributed by atoms with van der Waals surface area (Å²) in [6, 6.07) is 7.43. The molecule has 0 aliphatic heterocycles. The monoisotopic (exact) mass is 293 g/mol. The number of benzene rings is 1. The van der Waals surface area contributed by atoms with Crippen LogP contribution in [0, 0.1) is 6.92 Å². The van der Waals surface area contributed by atoms with Crippen LogP contribution in [0.15, 0.2) is 35.2 Å². The van der Waals surface area contributed by atoms with E-state index in [0.717, 1.165) is 5.69 Å². The Balaban J connectivity index is 2.30. The molecule has 0 spiro atoms. The van der Waals surface area contributed by atoms with Crippen LogP contribution in [-0.4, -0.2) is 24.0 Å². The number of ketones is 1. The number of hydrogen-bond donors (Lipinski definition) is 1. The van der Waals surface area contributed by atoms with E-state index in [1.54, 1.807) is 20.0 Å². The van der Waals surface area contributed by atoms with Gasteiger partial charge in [-0.3, -0.25) is 14.2 Å². The Morgan fingerprint density at radius 2 is 1.85 bits per heavy atom. The topological polar surface area (TPSA) is 81.1 Å². The summed E-state index contributed by atoms with van der Waals surface area (Å²) >= 11 is 0. The first-order chi connectivity index (χ1) is 9.29. The first kappa shape index (κ1) is 14.3. The highest BCUT2D eigenvalue weighted by Gasteiger charge is 2.16. The number of hydrogen-bond acceptors (Lipinski definition) is 4. The fourth-order valence-electron chi connectivity index (χ4n) is 1.77. The van der Waals surface area contributed by atoms with E-state index < -0.39 is 10.0 Å². The van der Waals surface area contributed by atoms with Gasteiger partial charge < -0.3 is 0 Å². The predicted octanol–water partition coefficient (Wildman–Crippen LogP) is 1.73. The quantitative estimate of drug-likeness (QED) is 0.870. The molecular formula is C13H15N3O3S. The molecule has 0 unspecified atom stereocenters. The minimum atomic E-state index is -3.69. The Hall–Kier alpha value is -2.15. The lowest BCUT2D eigenvalue weighted by atomic mass is 10.2. The summed E-state index contributed by atoms with van der Waals surface area (Å²) in [7, 11) is -2.03. The number of anilines is 1. The average Bonchev–Trinajstić information content (AvgIpc) is 2.67. The summed E-state index contributed by atoms with van der Waals surface area (Å²) in [5.41, 5.74) is 1.19. The van der Waals surface area contributed by atoms with Crippen molar-refractivity contribution >= 4 is 21.6 Å². The van der Waals surface area contributed by atoms with E-state index in [1.807, 2.05) is 0 Å². The van der Waals surface area contributed by atoms with Gasteiger partial charge >= 0.3 is 0 Å². The molecule has 0 saturated carbocycles. The first-order valence-corrected chi connectivity index (χ1v) is 7.42. The number of sulfonamides is 1. The van der Waals surface area contributed by atoms with Crippen LogP contribution in [0.2, 0.25) is 0 Å². The Kier molecular flexibility index (Phi) is 3.63. The zero-order valence-corrected chi connectivity index (χ0v) is 12.2. The maximum atomic E-state index is 12.2. The third kappa shape index (κ3) is 2.88. The van der Waals surface area contributed by atoms with Crippen molar-refractivity contribution in [1.82, 2.24) is 9.78 Å². The molecule has 2 aromatic rings. The number of carbonyl (C=O) groups excluding carboxylic acids is 1. The fourth-order valence-corrected chi connectivity index (χ4v) is 2.85. The third-order valence-electron chi connectivity index (χ3n) is 2.81. The SMILES string of the molecule is CC(=O)c1ccc(S(=O)(=O)Nc2cc(C)nn2C)cc1. The van der Waals surface area contributed by atoms with Gasteiger partial charge in [0, 0.05) is 18.7 Å². The van der Waals surface area contributed by atoms with Gasteiger partial charge in [-0.1, -0.05) is 12.1 Å². The summed E-state index contributed by atoms with van der Waals surface area (Å²) in [5.74, 6) is 0.280. The predicted molar refractivity (Wildman–Crippen MR) is 75.2 cm³/mol. The lowest BCUT2D eigenvalue weighted by Crippen LogP contribution is -2.15. The number of aryl methyl sites for hydroxylation is 2. The van der Waals surface area contributed by atoms with Gasteiger partial charge in [-0.15, -0.1) is 0 Å². The Bertz CT molecular complexity index is 746. The molecule has 1 heterocycles. The Labute approximate surface area is 117 Å². The molecule has 0 atom stereocenters. The second kappa shape index (κ2) is 5.09. The maximum Gasteiger partial charge on any atom is 0.263 e. The maximum absolute atomic E-state index is 12.2. The summed E-state index contributed by atoms with van der Waals surface area (Å²) in [4.78, 5) is 11.3. The van der Waals surface area contributed by atoms with Crippen molar-refractivity contribution in [1.29, 1.82) is 0 Å². The van der Waals surface area contributed by atoms with Crippen LogP contribution in [0.1, 0.15) is 23.0 Å². The molecule has 6 nitrogen and oxygen atoms in total. The van der Waals surface area contributed by atoms with E-state index in [9.17, 15) is 13.2 Å². The molecular weight excluding hydrogens is 278 g/mol. The molecule has 0 aliphatic carbocycles. The number of rotatable bonds is 4. The normalized spacial score (nSPS) is 11.3. The van der Waals surface area contributed by atoms with Crippen LogP contribution in [-0.2, 0) is 17.1 Å². The number of aromatic nitrogens is 2. The molecule has 0 radical (unpaired) electrons. The molecule has 1 N–H and O–H groups in total. The van der Waals surface area contributed by atoms with E-state index in [4.69, 9.17) is 0 Å². The molecule has 1 aromatic heterocycles. The van der Waals surface area contributed by atoms with Gasteiger partial charge in [0.05, 0.1) is 10.6 Å². The van der Waals surface area contributed by atoms with Gasteiger partial charge in [0.1, 0.15) is 5.82 Å². The van der Waals surface area contributed by atoms with E-state index in [2.05, 4.69) is 9.82 Å². The summed E-state index contributed by atoms with van der Waals surface area (Å²) < 4.78 is 28.3.